The number of benzene rings is 2. The molecule has 0 aromatic heterocycles. The van der Waals surface area contributed by atoms with Gasteiger partial charge in [0.25, 0.3) is 11.8 Å². The third-order valence-corrected chi connectivity index (χ3v) is 4.33. The number of hydrogen-bond donors (Lipinski definition) is 1. The summed E-state index contributed by atoms with van der Waals surface area (Å²) >= 11 is 11.8. The zero-order valence-corrected chi connectivity index (χ0v) is 14.1. The van der Waals surface area contributed by atoms with E-state index in [-0.39, 0.29) is 5.02 Å². The summed E-state index contributed by atoms with van der Waals surface area (Å²) < 4.78 is 0. The van der Waals surface area contributed by atoms with Gasteiger partial charge in [-0.2, -0.15) is 0 Å². The molecule has 1 N–H and O–H groups in total. The van der Waals surface area contributed by atoms with Crippen LogP contribution >= 0.6 is 23.2 Å². The van der Waals surface area contributed by atoms with Crippen molar-refractivity contribution in [2.75, 3.05) is 5.32 Å². The van der Waals surface area contributed by atoms with Gasteiger partial charge in [-0.1, -0.05) is 35.3 Å². The Morgan fingerprint density at radius 3 is 2.17 bits per heavy atom. The summed E-state index contributed by atoms with van der Waals surface area (Å²) in [6.07, 6.45) is 0. The van der Waals surface area contributed by atoms with Gasteiger partial charge in [0.05, 0.1) is 21.8 Å². The van der Waals surface area contributed by atoms with Crippen molar-refractivity contribution >= 4 is 46.6 Å². The maximum Gasteiger partial charge on any atom is 0.262 e. The monoisotopic (exact) mass is 362 g/mol. The molecule has 0 radical (unpaired) electrons. The number of imide groups is 1. The molecule has 7 heteroatoms. The number of halogens is 2. The Kier molecular flexibility index (Phi) is 4.30. The van der Waals surface area contributed by atoms with Crippen LogP contribution in [0.4, 0.5) is 5.69 Å². The Morgan fingerprint density at radius 2 is 1.62 bits per heavy atom. The fourth-order valence-corrected chi connectivity index (χ4v) is 2.96. The molecule has 1 aliphatic heterocycles. The summed E-state index contributed by atoms with van der Waals surface area (Å²) in [4.78, 5) is 38.2. The highest BCUT2D eigenvalue weighted by Gasteiger charge is 2.40. The van der Waals surface area contributed by atoms with E-state index in [0.29, 0.717) is 21.8 Å². The van der Waals surface area contributed by atoms with Gasteiger partial charge in [-0.15, -0.1) is 0 Å². The van der Waals surface area contributed by atoms with Crippen LogP contribution in [0, 0.1) is 0 Å². The maximum atomic E-state index is 12.4. The topological polar surface area (TPSA) is 66.5 Å². The number of anilines is 1. The number of fused-ring (bicyclic) bond motifs is 1. The lowest BCUT2D eigenvalue weighted by Gasteiger charge is -2.22. The van der Waals surface area contributed by atoms with Crippen molar-refractivity contribution in [2.24, 2.45) is 0 Å². The van der Waals surface area contributed by atoms with E-state index < -0.39 is 23.8 Å². The molecular weight excluding hydrogens is 351 g/mol. The maximum absolute atomic E-state index is 12.4. The lowest BCUT2D eigenvalue weighted by Crippen LogP contribution is -2.45. The summed E-state index contributed by atoms with van der Waals surface area (Å²) in [5.41, 5.74) is 0.952. The lowest BCUT2D eigenvalue weighted by molar-refractivity contribution is -0.119. The minimum absolute atomic E-state index is 0.269. The standard InChI is InChI=1S/C17H12Cl2N2O3/c1-9(15(22)20-14-7-6-10(18)8-13(14)19)21-16(23)11-4-2-3-5-12(11)17(21)24/h2-9H,1H3,(H,20,22)/t9-/m1/s1. The van der Waals surface area contributed by atoms with Crippen LogP contribution < -0.4 is 5.32 Å². The highest BCUT2D eigenvalue weighted by atomic mass is 35.5. The van der Waals surface area contributed by atoms with Gasteiger partial charge in [0, 0.05) is 5.02 Å². The van der Waals surface area contributed by atoms with E-state index in [4.69, 9.17) is 23.2 Å². The average Bonchev–Trinajstić information content (AvgIpc) is 2.81. The van der Waals surface area contributed by atoms with Gasteiger partial charge >= 0.3 is 0 Å². The van der Waals surface area contributed by atoms with Crippen LogP contribution in [-0.2, 0) is 4.79 Å². The van der Waals surface area contributed by atoms with E-state index >= 15 is 0 Å². The normalized spacial score (nSPS) is 14.5. The molecule has 1 atom stereocenters. The summed E-state index contributed by atoms with van der Waals surface area (Å²) in [5, 5.41) is 3.31. The van der Waals surface area contributed by atoms with Gasteiger partial charge in [-0.25, -0.2) is 0 Å². The SMILES string of the molecule is C[C@H](C(=O)Nc1ccc(Cl)cc1Cl)N1C(=O)c2ccccc2C1=O. The third-order valence-electron chi connectivity index (χ3n) is 3.78. The van der Waals surface area contributed by atoms with Crippen molar-refractivity contribution < 1.29 is 14.4 Å². The average molecular weight is 363 g/mol. The van der Waals surface area contributed by atoms with Gasteiger partial charge in [-0.3, -0.25) is 19.3 Å². The first-order valence-corrected chi connectivity index (χ1v) is 7.88. The van der Waals surface area contributed by atoms with Crippen LogP contribution in [0.2, 0.25) is 10.0 Å². The second kappa shape index (κ2) is 6.26. The van der Waals surface area contributed by atoms with Crippen LogP contribution in [-0.4, -0.2) is 28.7 Å². The first-order chi connectivity index (χ1) is 11.4. The van der Waals surface area contributed by atoms with Gasteiger partial charge in [0.1, 0.15) is 6.04 Å². The van der Waals surface area contributed by atoms with E-state index in [9.17, 15) is 14.4 Å². The Balaban J connectivity index is 1.82. The van der Waals surface area contributed by atoms with Crippen molar-refractivity contribution in [3.05, 3.63) is 63.6 Å². The highest BCUT2D eigenvalue weighted by Crippen LogP contribution is 2.27. The Morgan fingerprint density at radius 1 is 1.04 bits per heavy atom. The summed E-state index contributed by atoms with van der Waals surface area (Å²) in [7, 11) is 0. The van der Waals surface area contributed by atoms with Gasteiger partial charge in [-0.05, 0) is 37.3 Å². The molecule has 0 unspecified atom stereocenters. The minimum atomic E-state index is -0.982. The number of amides is 3. The number of hydrogen-bond acceptors (Lipinski definition) is 3. The smallest absolute Gasteiger partial charge is 0.262 e. The second-order valence-electron chi connectivity index (χ2n) is 5.32. The van der Waals surface area contributed by atoms with Crippen LogP contribution in [0.15, 0.2) is 42.5 Å². The first-order valence-electron chi connectivity index (χ1n) is 7.13. The first kappa shape index (κ1) is 16.5. The van der Waals surface area contributed by atoms with Crippen molar-refractivity contribution in [3.8, 4) is 0 Å². The summed E-state index contributed by atoms with van der Waals surface area (Å²) in [6, 6.07) is 10.1. The predicted octanol–water partition coefficient (Wildman–Crippen LogP) is 3.62. The van der Waals surface area contributed by atoms with Crippen molar-refractivity contribution in [2.45, 2.75) is 13.0 Å². The van der Waals surface area contributed by atoms with E-state index in [1.165, 1.54) is 13.0 Å². The third kappa shape index (κ3) is 2.77. The van der Waals surface area contributed by atoms with E-state index in [2.05, 4.69) is 5.32 Å². The molecule has 24 heavy (non-hydrogen) atoms. The summed E-state index contributed by atoms with van der Waals surface area (Å²) in [5.74, 6) is -1.49. The number of rotatable bonds is 3. The van der Waals surface area contributed by atoms with Crippen molar-refractivity contribution in [1.82, 2.24) is 4.90 Å². The molecule has 1 heterocycles. The molecular formula is C17H12Cl2N2O3. The Bertz CT molecular complexity index is 832. The van der Waals surface area contributed by atoms with Crippen molar-refractivity contribution in [3.63, 3.8) is 0 Å². The Hall–Kier alpha value is -2.37. The molecule has 0 spiro atoms. The molecule has 3 amide bonds. The lowest BCUT2D eigenvalue weighted by atomic mass is 10.1. The van der Waals surface area contributed by atoms with Crippen molar-refractivity contribution in [1.29, 1.82) is 0 Å². The molecule has 5 nitrogen and oxygen atoms in total. The largest absolute Gasteiger partial charge is 0.323 e. The number of carbonyl (C=O) groups is 3. The quantitative estimate of drug-likeness (QED) is 0.848. The molecule has 0 bridgehead atoms. The predicted molar refractivity (Wildman–Crippen MR) is 91.5 cm³/mol. The van der Waals surface area contributed by atoms with E-state index in [1.807, 2.05) is 0 Å². The van der Waals surface area contributed by atoms with Crippen LogP contribution in [0.3, 0.4) is 0 Å². The fraction of sp³-hybridized carbons (Fsp3) is 0.118. The molecule has 0 fully saturated rings. The number of carbonyl (C=O) groups excluding carboxylic acids is 3. The molecule has 2 aromatic rings. The fourth-order valence-electron chi connectivity index (χ4n) is 2.50. The molecule has 0 aliphatic carbocycles. The van der Waals surface area contributed by atoms with Gasteiger partial charge in [0.2, 0.25) is 5.91 Å². The van der Waals surface area contributed by atoms with Gasteiger partial charge in [0.15, 0.2) is 0 Å². The Labute approximate surface area is 148 Å². The van der Waals surface area contributed by atoms with Crippen LogP contribution in [0.25, 0.3) is 0 Å². The zero-order chi connectivity index (χ0) is 17.4. The van der Waals surface area contributed by atoms with Gasteiger partial charge < -0.3 is 5.32 Å². The van der Waals surface area contributed by atoms with Crippen LogP contribution in [0.5, 0.6) is 0 Å². The highest BCUT2D eigenvalue weighted by molar-refractivity contribution is 6.36. The molecule has 2 aromatic carbocycles. The van der Waals surface area contributed by atoms with Crippen LogP contribution in [0.1, 0.15) is 27.6 Å². The minimum Gasteiger partial charge on any atom is -0.323 e. The number of nitrogens with one attached hydrogen (secondary N) is 1. The summed E-state index contributed by atoms with van der Waals surface area (Å²) in [6.45, 7) is 1.49. The number of nitrogens with zero attached hydrogens (tertiary/aromatic N) is 1. The molecule has 0 saturated carbocycles. The zero-order valence-electron chi connectivity index (χ0n) is 12.5. The molecule has 1 aliphatic rings. The van der Waals surface area contributed by atoms with E-state index in [0.717, 1.165) is 4.90 Å². The van der Waals surface area contributed by atoms with E-state index in [1.54, 1.807) is 36.4 Å². The molecule has 0 saturated heterocycles. The molecule has 122 valence electrons. The molecule has 3 rings (SSSR count). The second-order valence-corrected chi connectivity index (χ2v) is 6.16.